The Morgan fingerprint density at radius 2 is 2.15 bits per heavy atom. The summed E-state index contributed by atoms with van der Waals surface area (Å²) in [6.07, 6.45) is 5.91. The van der Waals surface area contributed by atoms with Crippen molar-refractivity contribution in [1.82, 2.24) is 15.2 Å². The fourth-order valence-electron chi connectivity index (χ4n) is 3.07. The first kappa shape index (κ1) is 18.0. The van der Waals surface area contributed by atoms with E-state index in [2.05, 4.69) is 10.3 Å². The second-order valence-corrected chi connectivity index (χ2v) is 6.20. The summed E-state index contributed by atoms with van der Waals surface area (Å²) in [6.45, 7) is 3.95. The molecule has 26 heavy (non-hydrogen) atoms. The van der Waals surface area contributed by atoms with E-state index in [9.17, 15) is 9.59 Å². The number of hydrogen-bond acceptors (Lipinski definition) is 5. The number of aromatic nitrogens is 1. The molecule has 2 aromatic heterocycles. The molecule has 7 nitrogen and oxygen atoms in total. The Morgan fingerprint density at radius 1 is 1.35 bits per heavy atom. The predicted molar refractivity (Wildman–Crippen MR) is 94.6 cm³/mol. The van der Waals surface area contributed by atoms with Crippen molar-refractivity contribution in [1.29, 1.82) is 0 Å². The molecule has 0 unspecified atom stereocenters. The van der Waals surface area contributed by atoms with Gasteiger partial charge in [0.25, 0.3) is 5.91 Å². The quantitative estimate of drug-likeness (QED) is 0.857. The number of likely N-dealkylation sites (tertiary alicyclic amines) is 1. The van der Waals surface area contributed by atoms with Crippen molar-refractivity contribution in [2.75, 3.05) is 19.7 Å². The first-order chi connectivity index (χ1) is 12.7. The second kappa shape index (κ2) is 8.51. The molecular formula is C19H23N3O4. The van der Waals surface area contributed by atoms with E-state index in [4.69, 9.17) is 9.15 Å². The van der Waals surface area contributed by atoms with E-state index in [1.165, 1.54) is 12.5 Å². The fraction of sp³-hybridized carbons (Fsp3) is 0.421. The van der Waals surface area contributed by atoms with E-state index in [1.807, 2.05) is 19.1 Å². The van der Waals surface area contributed by atoms with Gasteiger partial charge in [-0.2, -0.15) is 0 Å². The summed E-state index contributed by atoms with van der Waals surface area (Å²) >= 11 is 0. The lowest BCUT2D eigenvalue weighted by molar-refractivity contribution is -0.126. The molecule has 0 atom stereocenters. The number of carbonyl (C=O) groups excluding carboxylic acids is 2. The molecule has 1 aliphatic rings. The van der Waals surface area contributed by atoms with Gasteiger partial charge in [0.15, 0.2) is 0 Å². The van der Waals surface area contributed by atoms with Gasteiger partial charge in [-0.3, -0.25) is 9.59 Å². The number of rotatable bonds is 6. The van der Waals surface area contributed by atoms with E-state index in [-0.39, 0.29) is 17.7 Å². The molecule has 2 aromatic rings. The van der Waals surface area contributed by atoms with Crippen LogP contribution >= 0.6 is 0 Å². The van der Waals surface area contributed by atoms with Crippen molar-refractivity contribution in [3.8, 4) is 5.88 Å². The van der Waals surface area contributed by atoms with E-state index >= 15 is 0 Å². The van der Waals surface area contributed by atoms with E-state index in [1.54, 1.807) is 17.2 Å². The number of amides is 2. The Labute approximate surface area is 152 Å². The van der Waals surface area contributed by atoms with Crippen LogP contribution in [0.2, 0.25) is 0 Å². The van der Waals surface area contributed by atoms with Crippen LogP contribution < -0.4 is 10.1 Å². The third-order valence-corrected chi connectivity index (χ3v) is 4.51. The van der Waals surface area contributed by atoms with Gasteiger partial charge in [0, 0.05) is 37.3 Å². The van der Waals surface area contributed by atoms with Crippen LogP contribution in [0.25, 0.3) is 0 Å². The molecule has 1 N–H and O–H groups in total. The zero-order valence-electron chi connectivity index (χ0n) is 14.8. The molecule has 2 amide bonds. The second-order valence-electron chi connectivity index (χ2n) is 6.20. The van der Waals surface area contributed by atoms with Crippen molar-refractivity contribution >= 4 is 11.8 Å². The largest absolute Gasteiger partial charge is 0.478 e. The van der Waals surface area contributed by atoms with Crippen molar-refractivity contribution < 1.29 is 18.7 Å². The summed E-state index contributed by atoms with van der Waals surface area (Å²) in [6, 6.07) is 5.37. The third kappa shape index (κ3) is 4.22. The number of nitrogens with one attached hydrogen (secondary N) is 1. The van der Waals surface area contributed by atoms with Crippen molar-refractivity contribution in [3.05, 3.63) is 48.0 Å². The van der Waals surface area contributed by atoms with Gasteiger partial charge in [-0.25, -0.2) is 4.98 Å². The Hall–Kier alpha value is -2.83. The summed E-state index contributed by atoms with van der Waals surface area (Å²) in [7, 11) is 0. The number of hydrogen-bond donors (Lipinski definition) is 1. The Morgan fingerprint density at radius 3 is 2.85 bits per heavy atom. The molecule has 3 rings (SSSR count). The van der Waals surface area contributed by atoms with Crippen LogP contribution in [0.3, 0.4) is 0 Å². The number of nitrogens with zero attached hydrogens (tertiary/aromatic N) is 2. The summed E-state index contributed by atoms with van der Waals surface area (Å²) in [5, 5.41) is 2.96. The SMILES string of the molecule is CCOc1ncccc1CNC(=O)C1CCN(C(=O)c2ccoc2)CC1. The lowest BCUT2D eigenvalue weighted by atomic mass is 9.95. The van der Waals surface area contributed by atoms with Crippen LogP contribution in [0.1, 0.15) is 35.7 Å². The molecule has 0 spiro atoms. The minimum absolute atomic E-state index is 0.00621. The smallest absolute Gasteiger partial charge is 0.257 e. The normalized spacial score (nSPS) is 14.9. The maximum Gasteiger partial charge on any atom is 0.257 e. The lowest BCUT2D eigenvalue weighted by Gasteiger charge is -2.31. The maximum atomic E-state index is 12.5. The van der Waals surface area contributed by atoms with Crippen molar-refractivity contribution in [2.45, 2.75) is 26.3 Å². The summed E-state index contributed by atoms with van der Waals surface area (Å²) in [5.41, 5.74) is 1.41. The van der Waals surface area contributed by atoms with Crippen molar-refractivity contribution in [2.24, 2.45) is 5.92 Å². The molecule has 0 radical (unpaired) electrons. The number of furan rings is 1. The van der Waals surface area contributed by atoms with E-state index in [0.29, 0.717) is 50.5 Å². The number of piperidine rings is 1. The van der Waals surface area contributed by atoms with Gasteiger partial charge in [-0.1, -0.05) is 6.07 Å². The predicted octanol–water partition coefficient (Wildman–Crippen LogP) is 2.24. The molecule has 0 aliphatic carbocycles. The Balaban J connectivity index is 1.49. The highest BCUT2D eigenvalue weighted by molar-refractivity contribution is 5.94. The molecule has 0 aromatic carbocycles. The van der Waals surface area contributed by atoms with Crippen LogP contribution in [-0.2, 0) is 11.3 Å². The summed E-state index contributed by atoms with van der Waals surface area (Å²) in [5.74, 6) is 0.424. The highest BCUT2D eigenvalue weighted by atomic mass is 16.5. The standard InChI is InChI=1S/C19H23N3O4/c1-2-26-18-15(4-3-8-20-18)12-21-17(23)14-5-9-22(10-6-14)19(24)16-7-11-25-13-16/h3-4,7-8,11,13-14H,2,5-6,9-10,12H2,1H3,(H,21,23). The fourth-order valence-corrected chi connectivity index (χ4v) is 3.07. The average molecular weight is 357 g/mol. The Bertz CT molecular complexity index is 737. The molecular weight excluding hydrogens is 334 g/mol. The Kier molecular flexibility index (Phi) is 5.88. The minimum Gasteiger partial charge on any atom is -0.478 e. The highest BCUT2D eigenvalue weighted by Gasteiger charge is 2.28. The highest BCUT2D eigenvalue weighted by Crippen LogP contribution is 2.20. The minimum atomic E-state index is -0.0874. The number of carbonyl (C=O) groups is 2. The topological polar surface area (TPSA) is 84.7 Å². The zero-order chi connectivity index (χ0) is 18.4. The molecule has 3 heterocycles. The molecule has 1 fully saturated rings. The summed E-state index contributed by atoms with van der Waals surface area (Å²) in [4.78, 5) is 30.7. The lowest BCUT2D eigenvalue weighted by Crippen LogP contribution is -2.42. The van der Waals surface area contributed by atoms with Crippen LogP contribution in [0.15, 0.2) is 41.3 Å². The average Bonchev–Trinajstić information content (AvgIpc) is 3.21. The van der Waals surface area contributed by atoms with Crippen LogP contribution in [0.5, 0.6) is 5.88 Å². The van der Waals surface area contributed by atoms with Gasteiger partial charge in [-0.15, -0.1) is 0 Å². The van der Waals surface area contributed by atoms with Crippen LogP contribution in [0, 0.1) is 5.92 Å². The molecule has 0 bridgehead atoms. The number of pyridine rings is 1. The first-order valence-corrected chi connectivity index (χ1v) is 8.85. The van der Waals surface area contributed by atoms with Crippen molar-refractivity contribution in [3.63, 3.8) is 0 Å². The molecule has 1 saturated heterocycles. The molecule has 138 valence electrons. The summed E-state index contributed by atoms with van der Waals surface area (Å²) < 4.78 is 10.4. The van der Waals surface area contributed by atoms with Gasteiger partial charge in [-0.05, 0) is 31.9 Å². The number of ether oxygens (including phenoxy) is 1. The van der Waals surface area contributed by atoms with Crippen LogP contribution in [0.4, 0.5) is 0 Å². The maximum absolute atomic E-state index is 12.5. The van der Waals surface area contributed by atoms with E-state index < -0.39 is 0 Å². The van der Waals surface area contributed by atoms with Gasteiger partial charge < -0.3 is 19.4 Å². The molecule has 0 saturated carbocycles. The first-order valence-electron chi connectivity index (χ1n) is 8.85. The molecule has 7 heteroatoms. The van der Waals surface area contributed by atoms with Gasteiger partial charge in [0.05, 0.1) is 18.4 Å². The third-order valence-electron chi connectivity index (χ3n) is 4.51. The van der Waals surface area contributed by atoms with Gasteiger partial charge >= 0.3 is 0 Å². The van der Waals surface area contributed by atoms with Gasteiger partial charge in [0.1, 0.15) is 6.26 Å². The van der Waals surface area contributed by atoms with Crippen LogP contribution in [-0.4, -0.2) is 41.4 Å². The van der Waals surface area contributed by atoms with Gasteiger partial charge in [0.2, 0.25) is 11.8 Å². The van der Waals surface area contributed by atoms with E-state index in [0.717, 1.165) is 5.56 Å². The monoisotopic (exact) mass is 357 g/mol. The molecule has 1 aliphatic heterocycles. The zero-order valence-corrected chi connectivity index (χ0v) is 14.8.